The second kappa shape index (κ2) is 7.17. The molecule has 0 bridgehead atoms. The summed E-state index contributed by atoms with van der Waals surface area (Å²) in [6, 6.07) is 9.16. The molecule has 1 fully saturated rings. The highest BCUT2D eigenvalue weighted by atomic mass is 32.2. The van der Waals surface area contributed by atoms with Gasteiger partial charge in [0.25, 0.3) is 0 Å². The third kappa shape index (κ3) is 3.57. The lowest BCUT2D eigenvalue weighted by Crippen LogP contribution is -2.38. The van der Waals surface area contributed by atoms with E-state index in [-0.39, 0.29) is 12.4 Å². The molecule has 4 rings (SSSR count). The molecule has 0 saturated carbocycles. The molecular formula is C18H19N3O2S2. The fourth-order valence-electron chi connectivity index (χ4n) is 3.18. The van der Waals surface area contributed by atoms with Gasteiger partial charge in [0.1, 0.15) is 0 Å². The second-order valence-corrected chi connectivity index (χ2v) is 7.89. The molecular weight excluding hydrogens is 354 g/mol. The third-order valence-electron chi connectivity index (χ3n) is 4.37. The van der Waals surface area contributed by atoms with E-state index in [0.717, 1.165) is 29.6 Å². The number of carbonyl (C=O) groups is 1. The van der Waals surface area contributed by atoms with E-state index in [9.17, 15) is 4.79 Å². The SMILES string of the molecule is CCOC(=O)Cc1csc(N=C2SCC3Cc4ccccc4CN23)n1. The van der Waals surface area contributed by atoms with E-state index in [0.29, 0.717) is 17.8 Å². The van der Waals surface area contributed by atoms with Gasteiger partial charge in [-0.15, -0.1) is 11.3 Å². The number of amidine groups is 1. The third-order valence-corrected chi connectivity index (χ3v) is 6.29. The Balaban J connectivity index is 1.49. The van der Waals surface area contributed by atoms with Gasteiger partial charge >= 0.3 is 5.97 Å². The van der Waals surface area contributed by atoms with Crippen LogP contribution in [0.2, 0.25) is 0 Å². The van der Waals surface area contributed by atoms with Gasteiger partial charge < -0.3 is 9.64 Å². The van der Waals surface area contributed by atoms with Crippen molar-refractivity contribution in [1.29, 1.82) is 0 Å². The Labute approximate surface area is 155 Å². The van der Waals surface area contributed by atoms with Crippen LogP contribution in [0.3, 0.4) is 0 Å². The first-order valence-corrected chi connectivity index (χ1v) is 10.2. The maximum absolute atomic E-state index is 11.6. The van der Waals surface area contributed by atoms with Crippen molar-refractivity contribution in [2.75, 3.05) is 12.4 Å². The molecule has 0 spiro atoms. The van der Waals surface area contributed by atoms with Crippen LogP contribution in [0.5, 0.6) is 0 Å². The summed E-state index contributed by atoms with van der Waals surface area (Å²) < 4.78 is 4.97. The summed E-state index contributed by atoms with van der Waals surface area (Å²) in [7, 11) is 0. The molecule has 1 aromatic heterocycles. The van der Waals surface area contributed by atoms with Gasteiger partial charge in [0, 0.05) is 23.7 Å². The smallest absolute Gasteiger partial charge is 0.311 e. The largest absolute Gasteiger partial charge is 0.466 e. The molecule has 0 amide bonds. The van der Waals surface area contributed by atoms with E-state index >= 15 is 0 Å². The van der Waals surface area contributed by atoms with Crippen molar-refractivity contribution in [2.24, 2.45) is 4.99 Å². The first-order chi connectivity index (χ1) is 12.2. The van der Waals surface area contributed by atoms with E-state index in [4.69, 9.17) is 9.73 Å². The average Bonchev–Trinajstić information content (AvgIpc) is 3.20. The monoisotopic (exact) mass is 373 g/mol. The molecule has 0 radical (unpaired) electrons. The summed E-state index contributed by atoms with van der Waals surface area (Å²) in [5, 5.41) is 3.64. The van der Waals surface area contributed by atoms with Gasteiger partial charge in [0.2, 0.25) is 5.13 Å². The number of thioether (sulfide) groups is 1. The topological polar surface area (TPSA) is 54.8 Å². The summed E-state index contributed by atoms with van der Waals surface area (Å²) in [5.74, 6) is 0.823. The van der Waals surface area contributed by atoms with E-state index in [2.05, 4.69) is 34.1 Å². The fourth-order valence-corrected chi connectivity index (χ4v) is 5.10. The lowest BCUT2D eigenvalue weighted by Gasteiger charge is -2.32. The number of aliphatic imine (C=N–C) groups is 1. The van der Waals surface area contributed by atoms with Crippen LogP contribution in [0.15, 0.2) is 34.6 Å². The minimum Gasteiger partial charge on any atom is -0.466 e. The van der Waals surface area contributed by atoms with Crippen LogP contribution < -0.4 is 0 Å². The van der Waals surface area contributed by atoms with E-state index in [1.54, 1.807) is 18.7 Å². The number of hydrogen-bond donors (Lipinski definition) is 0. The van der Waals surface area contributed by atoms with Gasteiger partial charge in [-0.05, 0) is 24.5 Å². The summed E-state index contributed by atoms with van der Waals surface area (Å²) in [6.45, 7) is 3.11. The summed E-state index contributed by atoms with van der Waals surface area (Å²) in [5.41, 5.74) is 3.57. The molecule has 1 aromatic carbocycles. The van der Waals surface area contributed by atoms with Gasteiger partial charge in [-0.1, -0.05) is 36.0 Å². The number of ether oxygens (including phenoxy) is 1. The molecule has 0 aliphatic carbocycles. The molecule has 130 valence electrons. The molecule has 1 saturated heterocycles. The Morgan fingerprint density at radius 1 is 1.40 bits per heavy atom. The zero-order valence-electron chi connectivity index (χ0n) is 14.0. The van der Waals surface area contributed by atoms with Gasteiger partial charge in [0.15, 0.2) is 5.17 Å². The number of aromatic nitrogens is 1. The van der Waals surface area contributed by atoms with E-state index in [1.165, 1.54) is 22.5 Å². The van der Waals surface area contributed by atoms with Gasteiger partial charge in [-0.25, -0.2) is 4.98 Å². The number of benzene rings is 1. The highest BCUT2D eigenvalue weighted by molar-refractivity contribution is 8.14. The van der Waals surface area contributed by atoms with Gasteiger partial charge in [-0.3, -0.25) is 4.79 Å². The maximum Gasteiger partial charge on any atom is 0.311 e. The lowest BCUT2D eigenvalue weighted by atomic mass is 9.95. The van der Waals surface area contributed by atoms with Crippen LogP contribution in [-0.2, 0) is 28.9 Å². The van der Waals surface area contributed by atoms with Crippen molar-refractivity contribution in [1.82, 2.24) is 9.88 Å². The number of esters is 1. The minimum atomic E-state index is -0.241. The van der Waals surface area contributed by atoms with Crippen LogP contribution in [0, 0.1) is 0 Å². The zero-order chi connectivity index (χ0) is 17.2. The van der Waals surface area contributed by atoms with Crippen molar-refractivity contribution >= 4 is 39.4 Å². The normalized spacial score (nSPS) is 20.4. The number of carbonyl (C=O) groups excluding carboxylic acids is 1. The van der Waals surface area contributed by atoms with E-state index in [1.807, 2.05) is 5.38 Å². The second-order valence-electron chi connectivity index (χ2n) is 6.06. The van der Waals surface area contributed by atoms with Crippen molar-refractivity contribution in [3.63, 3.8) is 0 Å². The predicted molar refractivity (Wildman–Crippen MR) is 101 cm³/mol. The molecule has 0 N–H and O–H groups in total. The summed E-state index contributed by atoms with van der Waals surface area (Å²) in [4.78, 5) is 23.2. The van der Waals surface area contributed by atoms with Crippen LogP contribution >= 0.6 is 23.1 Å². The Morgan fingerprint density at radius 2 is 2.24 bits per heavy atom. The Bertz CT molecular complexity index is 818. The fraction of sp³-hybridized carbons (Fsp3) is 0.389. The van der Waals surface area contributed by atoms with Crippen LogP contribution in [0.1, 0.15) is 23.7 Å². The highest BCUT2D eigenvalue weighted by Gasteiger charge is 2.34. The molecule has 1 unspecified atom stereocenters. The zero-order valence-corrected chi connectivity index (χ0v) is 15.6. The number of thiazole rings is 1. The molecule has 5 nitrogen and oxygen atoms in total. The predicted octanol–water partition coefficient (Wildman–Crippen LogP) is 3.41. The molecule has 7 heteroatoms. The molecule has 1 atom stereocenters. The summed E-state index contributed by atoms with van der Waals surface area (Å²) >= 11 is 3.27. The minimum absolute atomic E-state index is 0.210. The molecule has 3 heterocycles. The van der Waals surface area contributed by atoms with Crippen molar-refractivity contribution in [3.05, 3.63) is 46.5 Å². The molecule has 2 aliphatic rings. The Kier molecular flexibility index (Phi) is 4.76. The van der Waals surface area contributed by atoms with Crippen LogP contribution in [-0.4, -0.2) is 39.4 Å². The maximum atomic E-state index is 11.6. The standard InChI is InChI=1S/C18H19N3O2S2/c1-2-23-16(22)8-14-10-24-17(19-14)20-18-21-9-13-6-4-3-5-12(13)7-15(21)11-25-18/h3-6,10,15H,2,7-9,11H2,1H3. The number of nitrogens with zero attached hydrogens (tertiary/aromatic N) is 3. The lowest BCUT2D eigenvalue weighted by molar-refractivity contribution is -0.142. The Morgan fingerprint density at radius 3 is 3.08 bits per heavy atom. The average molecular weight is 374 g/mol. The molecule has 2 aliphatic heterocycles. The molecule has 25 heavy (non-hydrogen) atoms. The van der Waals surface area contributed by atoms with Crippen molar-refractivity contribution < 1.29 is 9.53 Å². The highest BCUT2D eigenvalue weighted by Crippen LogP contribution is 2.35. The van der Waals surface area contributed by atoms with Crippen molar-refractivity contribution in [3.8, 4) is 0 Å². The van der Waals surface area contributed by atoms with Gasteiger partial charge in [-0.2, -0.15) is 4.99 Å². The summed E-state index contributed by atoms with van der Waals surface area (Å²) in [6.07, 6.45) is 1.29. The first-order valence-electron chi connectivity index (χ1n) is 8.38. The van der Waals surface area contributed by atoms with Crippen LogP contribution in [0.25, 0.3) is 0 Å². The van der Waals surface area contributed by atoms with Gasteiger partial charge in [0.05, 0.1) is 18.7 Å². The van der Waals surface area contributed by atoms with E-state index < -0.39 is 0 Å². The first kappa shape index (κ1) is 16.6. The van der Waals surface area contributed by atoms with Crippen LogP contribution in [0.4, 0.5) is 5.13 Å². The molecule has 2 aromatic rings. The van der Waals surface area contributed by atoms with Crippen molar-refractivity contribution in [2.45, 2.75) is 32.4 Å². The Hall–Kier alpha value is -1.86. The number of rotatable bonds is 4. The quantitative estimate of drug-likeness (QED) is 0.769. The number of hydrogen-bond acceptors (Lipinski definition) is 6. The number of fused-ring (bicyclic) bond motifs is 2.